The van der Waals surface area contributed by atoms with Crippen LogP contribution >= 0.6 is 0 Å². The summed E-state index contributed by atoms with van der Waals surface area (Å²) in [5.41, 5.74) is 2.13. The molecule has 0 atom stereocenters. The lowest BCUT2D eigenvalue weighted by molar-refractivity contribution is 0.100. The van der Waals surface area contributed by atoms with Gasteiger partial charge in [0.1, 0.15) is 24.7 Å². The van der Waals surface area contributed by atoms with Gasteiger partial charge in [-0.3, -0.25) is 0 Å². The summed E-state index contributed by atoms with van der Waals surface area (Å²) < 4.78 is 11.0. The zero-order valence-corrected chi connectivity index (χ0v) is 9.80. The highest BCUT2D eigenvalue weighted by Crippen LogP contribution is 2.21. The van der Waals surface area contributed by atoms with Crippen LogP contribution in [0.15, 0.2) is 4.42 Å². The maximum Gasteiger partial charge on any atom is 0.133 e. The third-order valence-corrected chi connectivity index (χ3v) is 2.66. The first kappa shape index (κ1) is 12.3. The molecule has 1 aromatic rings. The highest BCUT2D eigenvalue weighted by molar-refractivity contribution is 5.30. The molecule has 0 aliphatic rings. The average molecular weight is 212 g/mol. The molecule has 1 aromatic heterocycles. The Morgan fingerprint density at radius 2 is 1.87 bits per heavy atom. The number of unbranched alkanes of at least 4 members (excludes halogenated alkanes) is 1. The van der Waals surface area contributed by atoms with Gasteiger partial charge in [0.25, 0.3) is 0 Å². The van der Waals surface area contributed by atoms with Gasteiger partial charge in [0.2, 0.25) is 0 Å². The second-order valence-electron chi connectivity index (χ2n) is 3.76. The standard InChI is InChI=1S/C12H20O3/c1-4-5-6-14-8-12-10(3)9(2)11(7-13)15-12/h13H,4-8H2,1-3H3. The van der Waals surface area contributed by atoms with Gasteiger partial charge in [0, 0.05) is 6.61 Å². The fourth-order valence-corrected chi connectivity index (χ4v) is 1.42. The van der Waals surface area contributed by atoms with Crippen LogP contribution in [0.3, 0.4) is 0 Å². The quantitative estimate of drug-likeness (QED) is 0.737. The van der Waals surface area contributed by atoms with E-state index in [1.807, 2.05) is 13.8 Å². The molecule has 0 spiro atoms. The van der Waals surface area contributed by atoms with E-state index < -0.39 is 0 Å². The van der Waals surface area contributed by atoms with E-state index in [1.54, 1.807) is 0 Å². The van der Waals surface area contributed by atoms with Gasteiger partial charge in [0.05, 0.1) is 0 Å². The summed E-state index contributed by atoms with van der Waals surface area (Å²) in [4.78, 5) is 0. The van der Waals surface area contributed by atoms with Crippen molar-refractivity contribution in [2.24, 2.45) is 0 Å². The van der Waals surface area contributed by atoms with Crippen LogP contribution in [0.1, 0.15) is 42.4 Å². The van der Waals surface area contributed by atoms with Crippen LogP contribution in [-0.4, -0.2) is 11.7 Å². The molecule has 15 heavy (non-hydrogen) atoms. The van der Waals surface area contributed by atoms with Crippen LogP contribution in [0, 0.1) is 13.8 Å². The third-order valence-electron chi connectivity index (χ3n) is 2.66. The number of furan rings is 1. The Labute approximate surface area is 91.1 Å². The van der Waals surface area contributed by atoms with E-state index in [1.165, 1.54) is 0 Å². The molecule has 86 valence electrons. The number of hydrogen-bond donors (Lipinski definition) is 1. The molecule has 0 amide bonds. The van der Waals surface area contributed by atoms with E-state index in [0.29, 0.717) is 12.4 Å². The zero-order chi connectivity index (χ0) is 11.3. The topological polar surface area (TPSA) is 42.6 Å². The number of aliphatic hydroxyl groups is 1. The van der Waals surface area contributed by atoms with Gasteiger partial charge < -0.3 is 14.3 Å². The summed E-state index contributed by atoms with van der Waals surface area (Å²) >= 11 is 0. The van der Waals surface area contributed by atoms with Crippen LogP contribution in [0.5, 0.6) is 0 Å². The van der Waals surface area contributed by atoms with E-state index >= 15 is 0 Å². The molecular formula is C12H20O3. The molecule has 0 aliphatic heterocycles. The summed E-state index contributed by atoms with van der Waals surface area (Å²) in [5, 5.41) is 9.03. The summed E-state index contributed by atoms with van der Waals surface area (Å²) in [5.74, 6) is 1.49. The van der Waals surface area contributed by atoms with Crippen molar-refractivity contribution < 1.29 is 14.3 Å². The average Bonchev–Trinajstić information content (AvgIpc) is 2.52. The van der Waals surface area contributed by atoms with Crippen LogP contribution < -0.4 is 0 Å². The minimum absolute atomic E-state index is 0.0400. The Balaban J connectivity index is 2.53. The molecule has 0 saturated heterocycles. The molecule has 0 fully saturated rings. The molecule has 1 N–H and O–H groups in total. The summed E-state index contributed by atoms with van der Waals surface area (Å²) in [6.45, 7) is 7.32. The normalized spacial score (nSPS) is 10.9. The highest BCUT2D eigenvalue weighted by atomic mass is 16.5. The SMILES string of the molecule is CCCCOCc1oc(CO)c(C)c1C. The maximum atomic E-state index is 9.03. The van der Waals surface area contributed by atoms with Crippen molar-refractivity contribution in [3.8, 4) is 0 Å². The van der Waals surface area contributed by atoms with Gasteiger partial charge in [-0.2, -0.15) is 0 Å². The van der Waals surface area contributed by atoms with Gasteiger partial charge in [-0.15, -0.1) is 0 Å². The summed E-state index contributed by atoms with van der Waals surface area (Å²) in [7, 11) is 0. The smallest absolute Gasteiger partial charge is 0.133 e. The van der Waals surface area contributed by atoms with Crippen LogP contribution in [0.2, 0.25) is 0 Å². The molecule has 1 rings (SSSR count). The fourth-order valence-electron chi connectivity index (χ4n) is 1.42. The molecule has 1 heterocycles. The number of rotatable bonds is 6. The van der Waals surface area contributed by atoms with Crippen molar-refractivity contribution in [3.05, 3.63) is 22.6 Å². The first-order chi connectivity index (χ1) is 7.20. The molecule has 0 radical (unpaired) electrons. The van der Waals surface area contributed by atoms with Crippen LogP contribution in [-0.2, 0) is 18.0 Å². The summed E-state index contributed by atoms with van der Waals surface area (Å²) in [6.07, 6.45) is 2.21. The lowest BCUT2D eigenvalue weighted by Gasteiger charge is -2.01. The maximum absolute atomic E-state index is 9.03. The molecule has 0 bridgehead atoms. The van der Waals surface area contributed by atoms with Gasteiger partial charge >= 0.3 is 0 Å². The zero-order valence-electron chi connectivity index (χ0n) is 9.80. The van der Waals surface area contributed by atoms with Crippen molar-refractivity contribution in [2.45, 2.75) is 46.8 Å². The van der Waals surface area contributed by atoms with E-state index in [4.69, 9.17) is 14.3 Å². The predicted molar refractivity (Wildman–Crippen MR) is 58.7 cm³/mol. The Bertz CT molecular complexity index is 302. The largest absolute Gasteiger partial charge is 0.461 e. The van der Waals surface area contributed by atoms with E-state index in [9.17, 15) is 0 Å². The second kappa shape index (κ2) is 5.93. The molecule has 0 aromatic carbocycles. The van der Waals surface area contributed by atoms with Crippen molar-refractivity contribution in [1.29, 1.82) is 0 Å². The molecular weight excluding hydrogens is 192 g/mol. The highest BCUT2D eigenvalue weighted by Gasteiger charge is 2.12. The third kappa shape index (κ3) is 3.08. The van der Waals surface area contributed by atoms with Crippen molar-refractivity contribution >= 4 is 0 Å². The fraction of sp³-hybridized carbons (Fsp3) is 0.667. The first-order valence-corrected chi connectivity index (χ1v) is 5.47. The predicted octanol–water partition coefficient (Wildman–Crippen LogP) is 2.71. The molecule has 0 aliphatic carbocycles. The Hall–Kier alpha value is -0.800. The number of ether oxygens (including phenoxy) is 1. The lowest BCUT2D eigenvalue weighted by Crippen LogP contribution is -1.95. The Kier molecular flexibility index (Phi) is 4.85. The minimum Gasteiger partial charge on any atom is -0.461 e. The Morgan fingerprint density at radius 1 is 1.20 bits per heavy atom. The van der Waals surface area contributed by atoms with Gasteiger partial charge in [-0.1, -0.05) is 13.3 Å². The Morgan fingerprint density at radius 3 is 2.40 bits per heavy atom. The van der Waals surface area contributed by atoms with E-state index in [2.05, 4.69) is 6.92 Å². The summed E-state index contributed by atoms with van der Waals surface area (Å²) in [6, 6.07) is 0. The number of hydrogen-bond acceptors (Lipinski definition) is 3. The minimum atomic E-state index is -0.0400. The van der Waals surface area contributed by atoms with Crippen molar-refractivity contribution in [1.82, 2.24) is 0 Å². The van der Waals surface area contributed by atoms with Crippen molar-refractivity contribution in [2.75, 3.05) is 6.61 Å². The lowest BCUT2D eigenvalue weighted by atomic mass is 10.1. The molecule has 3 heteroatoms. The molecule has 0 saturated carbocycles. The second-order valence-corrected chi connectivity index (χ2v) is 3.76. The van der Waals surface area contributed by atoms with Crippen LogP contribution in [0.4, 0.5) is 0 Å². The molecule has 3 nitrogen and oxygen atoms in total. The van der Waals surface area contributed by atoms with Crippen LogP contribution in [0.25, 0.3) is 0 Å². The van der Waals surface area contributed by atoms with Gasteiger partial charge in [-0.05, 0) is 31.4 Å². The monoisotopic (exact) mass is 212 g/mol. The van der Waals surface area contributed by atoms with E-state index in [0.717, 1.165) is 36.3 Å². The molecule has 0 unspecified atom stereocenters. The van der Waals surface area contributed by atoms with Gasteiger partial charge in [-0.25, -0.2) is 0 Å². The van der Waals surface area contributed by atoms with Gasteiger partial charge in [0.15, 0.2) is 0 Å². The number of aliphatic hydroxyl groups excluding tert-OH is 1. The first-order valence-electron chi connectivity index (χ1n) is 5.47. The van der Waals surface area contributed by atoms with Crippen molar-refractivity contribution in [3.63, 3.8) is 0 Å². The van der Waals surface area contributed by atoms with E-state index in [-0.39, 0.29) is 6.61 Å².